The molecule has 1 aliphatic heterocycles. The summed E-state index contributed by atoms with van der Waals surface area (Å²) < 4.78 is 5.31. The molecule has 1 saturated heterocycles. The lowest BCUT2D eigenvalue weighted by Crippen LogP contribution is -2.33. The normalized spacial score (nSPS) is 19.3. The Balaban J connectivity index is 2.38. The topological polar surface area (TPSA) is 49.8 Å². The fourth-order valence-corrected chi connectivity index (χ4v) is 2.36. The first-order valence-electron chi connectivity index (χ1n) is 5.43. The van der Waals surface area contributed by atoms with Gasteiger partial charge in [-0.25, -0.2) is 4.79 Å². The lowest BCUT2D eigenvalue weighted by molar-refractivity contribution is 0.0697. The van der Waals surface area contributed by atoms with Crippen molar-refractivity contribution in [3.63, 3.8) is 0 Å². The fraction of sp³-hybridized carbons (Fsp3) is 0.417. The van der Waals surface area contributed by atoms with Crippen LogP contribution in [0.5, 0.6) is 0 Å². The third-order valence-electron chi connectivity index (χ3n) is 3.02. The first-order chi connectivity index (χ1) is 8.11. The minimum atomic E-state index is -0.965. The van der Waals surface area contributed by atoms with Gasteiger partial charge in [-0.05, 0) is 18.6 Å². The van der Waals surface area contributed by atoms with Gasteiger partial charge in [-0.1, -0.05) is 17.7 Å². The van der Waals surface area contributed by atoms with Crippen LogP contribution in [-0.2, 0) is 4.74 Å². The number of nitrogens with zero attached hydrogens (tertiary/aromatic N) is 1. The molecule has 92 valence electrons. The molecule has 0 aromatic heterocycles. The molecule has 17 heavy (non-hydrogen) atoms. The van der Waals surface area contributed by atoms with Crippen molar-refractivity contribution in [3.05, 3.63) is 28.8 Å². The second-order valence-electron chi connectivity index (χ2n) is 4.07. The highest BCUT2D eigenvalue weighted by Crippen LogP contribution is 2.31. The van der Waals surface area contributed by atoms with Crippen LogP contribution in [0.25, 0.3) is 0 Å². The minimum Gasteiger partial charge on any atom is -0.478 e. The number of carboxylic acids is 1. The smallest absolute Gasteiger partial charge is 0.337 e. The van der Waals surface area contributed by atoms with Crippen molar-refractivity contribution in [2.24, 2.45) is 0 Å². The molecule has 1 aromatic rings. The van der Waals surface area contributed by atoms with Gasteiger partial charge < -0.3 is 14.7 Å². The highest BCUT2D eigenvalue weighted by Gasteiger charge is 2.25. The SMILES string of the molecule is CN(c1c(Cl)cccc1C(=O)O)C1CCOC1. The molecule has 1 atom stereocenters. The van der Waals surface area contributed by atoms with Crippen LogP contribution < -0.4 is 4.90 Å². The van der Waals surface area contributed by atoms with E-state index in [0.717, 1.165) is 6.42 Å². The number of rotatable bonds is 3. The Labute approximate surface area is 105 Å². The summed E-state index contributed by atoms with van der Waals surface area (Å²) >= 11 is 6.10. The van der Waals surface area contributed by atoms with E-state index in [1.807, 2.05) is 11.9 Å². The molecule has 4 nitrogen and oxygen atoms in total. The van der Waals surface area contributed by atoms with Gasteiger partial charge in [0, 0.05) is 13.7 Å². The number of hydrogen-bond acceptors (Lipinski definition) is 3. The van der Waals surface area contributed by atoms with E-state index in [2.05, 4.69) is 0 Å². The number of hydrogen-bond donors (Lipinski definition) is 1. The molecule has 0 amide bonds. The number of ether oxygens (including phenoxy) is 1. The summed E-state index contributed by atoms with van der Waals surface area (Å²) in [6, 6.07) is 5.10. The lowest BCUT2D eigenvalue weighted by atomic mass is 10.1. The number of aromatic carboxylic acids is 1. The zero-order chi connectivity index (χ0) is 12.4. The van der Waals surface area contributed by atoms with E-state index >= 15 is 0 Å². The molecule has 1 N–H and O–H groups in total. The Hall–Kier alpha value is -1.26. The average Bonchev–Trinajstić information content (AvgIpc) is 2.81. The quantitative estimate of drug-likeness (QED) is 0.900. The first-order valence-corrected chi connectivity index (χ1v) is 5.81. The van der Waals surface area contributed by atoms with E-state index < -0.39 is 5.97 Å². The van der Waals surface area contributed by atoms with Crippen molar-refractivity contribution in [1.29, 1.82) is 0 Å². The number of carboxylic acid groups (broad SMARTS) is 1. The molecule has 2 rings (SSSR count). The highest BCUT2D eigenvalue weighted by atomic mass is 35.5. The van der Waals surface area contributed by atoms with Crippen LogP contribution in [-0.4, -0.2) is 37.4 Å². The Morgan fingerprint density at radius 3 is 2.94 bits per heavy atom. The largest absolute Gasteiger partial charge is 0.478 e. The second kappa shape index (κ2) is 4.94. The standard InChI is InChI=1S/C12H14ClNO3/c1-14(8-5-6-17-7-8)11-9(12(15)16)3-2-4-10(11)13/h2-4,8H,5-7H2,1H3,(H,15,16). The summed E-state index contributed by atoms with van der Waals surface area (Å²) in [6.07, 6.45) is 0.890. The van der Waals surface area contributed by atoms with Gasteiger partial charge in [0.2, 0.25) is 0 Å². The van der Waals surface area contributed by atoms with Crippen molar-refractivity contribution in [2.45, 2.75) is 12.5 Å². The molecular formula is C12H14ClNO3. The Bertz CT molecular complexity index is 430. The van der Waals surface area contributed by atoms with E-state index in [-0.39, 0.29) is 11.6 Å². The van der Waals surface area contributed by atoms with Gasteiger partial charge in [0.05, 0.1) is 28.9 Å². The molecule has 0 aliphatic carbocycles. The molecule has 1 fully saturated rings. The van der Waals surface area contributed by atoms with Gasteiger partial charge >= 0.3 is 5.97 Å². The zero-order valence-corrected chi connectivity index (χ0v) is 10.3. The predicted molar refractivity (Wildman–Crippen MR) is 66.0 cm³/mol. The van der Waals surface area contributed by atoms with E-state index in [9.17, 15) is 4.79 Å². The predicted octanol–water partition coefficient (Wildman–Crippen LogP) is 2.26. The van der Waals surface area contributed by atoms with Crippen LogP contribution in [0.1, 0.15) is 16.8 Å². The van der Waals surface area contributed by atoms with Crippen molar-refractivity contribution in [2.75, 3.05) is 25.2 Å². The van der Waals surface area contributed by atoms with Gasteiger partial charge in [-0.2, -0.15) is 0 Å². The van der Waals surface area contributed by atoms with Crippen LogP contribution >= 0.6 is 11.6 Å². The third kappa shape index (κ3) is 2.37. The van der Waals surface area contributed by atoms with E-state index in [1.165, 1.54) is 0 Å². The van der Waals surface area contributed by atoms with E-state index in [1.54, 1.807) is 18.2 Å². The van der Waals surface area contributed by atoms with Crippen LogP contribution in [0.2, 0.25) is 5.02 Å². The molecule has 1 heterocycles. The number of likely N-dealkylation sites (N-methyl/N-ethyl adjacent to an activating group) is 1. The maximum Gasteiger partial charge on any atom is 0.337 e. The molecule has 5 heteroatoms. The number of benzene rings is 1. The molecular weight excluding hydrogens is 242 g/mol. The third-order valence-corrected chi connectivity index (χ3v) is 3.33. The molecule has 1 unspecified atom stereocenters. The molecule has 0 saturated carbocycles. The average molecular weight is 256 g/mol. The van der Waals surface area contributed by atoms with Gasteiger partial charge in [0.25, 0.3) is 0 Å². The molecule has 0 radical (unpaired) electrons. The van der Waals surface area contributed by atoms with E-state index in [0.29, 0.717) is 23.9 Å². The van der Waals surface area contributed by atoms with Crippen molar-refractivity contribution in [3.8, 4) is 0 Å². The molecule has 1 aliphatic rings. The van der Waals surface area contributed by atoms with Crippen molar-refractivity contribution in [1.82, 2.24) is 0 Å². The number of para-hydroxylation sites is 1. The Kier molecular flexibility index (Phi) is 3.54. The van der Waals surface area contributed by atoms with Crippen molar-refractivity contribution >= 4 is 23.3 Å². The fourth-order valence-electron chi connectivity index (χ4n) is 2.06. The van der Waals surface area contributed by atoms with Gasteiger partial charge in [0.1, 0.15) is 0 Å². The number of carbonyl (C=O) groups is 1. The maximum atomic E-state index is 11.2. The highest BCUT2D eigenvalue weighted by molar-refractivity contribution is 6.34. The molecule has 0 bridgehead atoms. The molecule has 1 aromatic carbocycles. The number of halogens is 1. The summed E-state index contributed by atoms with van der Waals surface area (Å²) in [4.78, 5) is 13.1. The maximum absolute atomic E-state index is 11.2. The van der Waals surface area contributed by atoms with Crippen LogP contribution in [0, 0.1) is 0 Å². The molecule has 0 spiro atoms. The second-order valence-corrected chi connectivity index (χ2v) is 4.48. The van der Waals surface area contributed by atoms with Crippen LogP contribution in [0.4, 0.5) is 5.69 Å². The Morgan fingerprint density at radius 2 is 2.35 bits per heavy atom. The van der Waals surface area contributed by atoms with Crippen LogP contribution in [0.3, 0.4) is 0 Å². The van der Waals surface area contributed by atoms with E-state index in [4.69, 9.17) is 21.4 Å². The summed E-state index contributed by atoms with van der Waals surface area (Å²) in [6.45, 7) is 1.32. The first kappa shape index (κ1) is 12.2. The van der Waals surface area contributed by atoms with Gasteiger partial charge in [-0.15, -0.1) is 0 Å². The lowest BCUT2D eigenvalue weighted by Gasteiger charge is -2.27. The Morgan fingerprint density at radius 1 is 1.59 bits per heavy atom. The van der Waals surface area contributed by atoms with Crippen LogP contribution in [0.15, 0.2) is 18.2 Å². The summed E-state index contributed by atoms with van der Waals surface area (Å²) in [5.74, 6) is -0.965. The van der Waals surface area contributed by atoms with Crippen molar-refractivity contribution < 1.29 is 14.6 Å². The summed E-state index contributed by atoms with van der Waals surface area (Å²) in [5, 5.41) is 9.62. The zero-order valence-electron chi connectivity index (χ0n) is 9.52. The monoisotopic (exact) mass is 255 g/mol. The summed E-state index contributed by atoms with van der Waals surface area (Å²) in [5.41, 5.74) is 0.795. The van der Waals surface area contributed by atoms with Gasteiger partial charge in [-0.3, -0.25) is 0 Å². The van der Waals surface area contributed by atoms with Gasteiger partial charge in [0.15, 0.2) is 0 Å². The summed E-state index contributed by atoms with van der Waals surface area (Å²) in [7, 11) is 1.85. The number of anilines is 1. The minimum absolute atomic E-state index is 0.188.